The molecule has 0 bridgehead atoms. The number of hydrogen-bond donors (Lipinski definition) is 2. The maximum Gasteiger partial charge on any atom is 0.220 e. The molecule has 0 radical (unpaired) electrons. The number of aryl methyl sites for hydroxylation is 1. The predicted molar refractivity (Wildman–Crippen MR) is 89.1 cm³/mol. The van der Waals surface area contributed by atoms with E-state index in [4.69, 9.17) is 8.83 Å². The Hall–Kier alpha value is -2.86. The predicted octanol–water partition coefficient (Wildman–Crippen LogP) is 3.46. The largest absolute Gasteiger partial charge is 0.461 e. The summed E-state index contributed by atoms with van der Waals surface area (Å²) >= 11 is 0. The maximum atomic E-state index is 13.5. The summed E-state index contributed by atoms with van der Waals surface area (Å²) in [5.41, 5.74) is 0.493. The van der Waals surface area contributed by atoms with Crippen molar-refractivity contribution in [3.05, 3.63) is 71.9 Å². The van der Waals surface area contributed by atoms with Gasteiger partial charge in [0.15, 0.2) is 11.5 Å². The summed E-state index contributed by atoms with van der Waals surface area (Å²) in [6.07, 6.45) is 1.01. The van der Waals surface area contributed by atoms with Crippen LogP contribution in [0.25, 0.3) is 11.5 Å². The van der Waals surface area contributed by atoms with Gasteiger partial charge >= 0.3 is 0 Å². The summed E-state index contributed by atoms with van der Waals surface area (Å²) in [5.74, 6) is 0.814. The monoisotopic (exact) mass is 343 g/mol. The lowest BCUT2D eigenvalue weighted by molar-refractivity contribution is -0.121. The normalized spacial score (nSPS) is 12.1. The van der Waals surface area contributed by atoms with Crippen LogP contribution in [0.3, 0.4) is 0 Å². The molecule has 1 aromatic carbocycles. The van der Waals surface area contributed by atoms with Crippen LogP contribution in [0.5, 0.6) is 0 Å². The van der Waals surface area contributed by atoms with Gasteiger partial charge < -0.3 is 19.3 Å². The molecule has 0 fully saturated rings. The van der Waals surface area contributed by atoms with Crippen LogP contribution in [-0.2, 0) is 11.2 Å². The Balaban J connectivity index is 1.48. The lowest BCUT2D eigenvalue weighted by atomic mass is 10.1. The van der Waals surface area contributed by atoms with E-state index in [-0.39, 0.29) is 24.7 Å². The van der Waals surface area contributed by atoms with Gasteiger partial charge in [-0.1, -0.05) is 18.2 Å². The average Bonchev–Trinajstić information content (AvgIpc) is 3.30. The van der Waals surface area contributed by atoms with E-state index < -0.39 is 6.10 Å². The third kappa shape index (κ3) is 4.36. The second-order valence-corrected chi connectivity index (χ2v) is 5.59. The van der Waals surface area contributed by atoms with Crippen LogP contribution >= 0.6 is 0 Å². The lowest BCUT2D eigenvalue weighted by Crippen LogP contribution is -2.28. The minimum atomic E-state index is -0.971. The van der Waals surface area contributed by atoms with E-state index in [1.54, 1.807) is 42.5 Å². The first-order chi connectivity index (χ1) is 12.1. The quantitative estimate of drug-likeness (QED) is 0.689. The summed E-state index contributed by atoms with van der Waals surface area (Å²) in [6, 6.07) is 13.2. The zero-order valence-electron chi connectivity index (χ0n) is 13.4. The van der Waals surface area contributed by atoms with E-state index in [9.17, 15) is 14.3 Å². The Kier molecular flexibility index (Phi) is 5.30. The van der Waals surface area contributed by atoms with Crippen molar-refractivity contribution in [3.63, 3.8) is 0 Å². The smallest absolute Gasteiger partial charge is 0.220 e. The van der Waals surface area contributed by atoms with Gasteiger partial charge in [0.05, 0.1) is 12.8 Å². The number of hydrogen-bond acceptors (Lipinski definition) is 4. The molecule has 0 spiro atoms. The second kappa shape index (κ2) is 7.81. The SMILES string of the molecule is O=C(CCc1ccccc1F)NCC(O)c1ccc(-c2ccco2)o1. The molecule has 0 aliphatic carbocycles. The molecule has 130 valence electrons. The van der Waals surface area contributed by atoms with Crippen molar-refractivity contribution in [2.24, 2.45) is 0 Å². The van der Waals surface area contributed by atoms with Crippen molar-refractivity contribution in [1.82, 2.24) is 5.32 Å². The maximum absolute atomic E-state index is 13.5. The standard InChI is InChI=1S/C19H18FNO4/c20-14-5-2-1-4-13(14)7-10-19(23)21-12-15(22)16-8-9-18(25-16)17-6-3-11-24-17/h1-6,8-9,11,15,22H,7,10,12H2,(H,21,23). The van der Waals surface area contributed by atoms with Crippen LogP contribution in [0, 0.1) is 5.82 Å². The van der Waals surface area contributed by atoms with Gasteiger partial charge in [0, 0.05) is 6.42 Å². The zero-order chi connectivity index (χ0) is 17.6. The summed E-state index contributed by atoms with van der Waals surface area (Å²) in [5, 5.41) is 12.7. The highest BCUT2D eigenvalue weighted by molar-refractivity contribution is 5.76. The van der Waals surface area contributed by atoms with Gasteiger partial charge in [-0.2, -0.15) is 0 Å². The summed E-state index contributed by atoms with van der Waals surface area (Å²) in [6.45, 7) is 0.0151. The van der Waals surface area contributed by atoms with Crippen LogP contribution < -0.4 is 5.32 Å². The Morgan fingerprint density at radius 2 is 1.96 bits per heavy atom. The fraction of sp³-hybridized carbons (Fsp3) is 0.211. The fourth-order valence-corrected chi connectivity index (χ4v) is 2.43. The third-order valence-electron chi connectivity index (χ3n) is 3.79. The molecule has 0 saturated carbocycles. The summed E-state index contributed by atoms with van der Waals surface area (Å²) < 4.78 is 24.2. The molecule has 0 aliphatic heterocycles. The van der Waals surface area contributed by atoms with E-state index in [0.29, 0.717) is 29.3 Å². The molecule has 1 unspecified atom stereocenters. The Labute approximate surface area is 144 Å². The topological polar surface area (TPSA) is 75.6 Å². The van der Waals surface area contributed by atoms with Crippen LogP contribution in [0.15, 0.2) is 63.6 Å². The van der Waals surface area contributed by atoms with Gasteiger partial charge in [0.25, 0.3) is 0 Å². The number of rotatable bonds is 7. The molecule has 5 nitrogen and oxygen atoms in total. The van der Waals surface area contributed by atoms with Crippen LogP contribution in [-0.4, -0.2) is 17.6 Å². The fourth-order valence-electron chi connectivity index (χ4n) is 2.43. The molecule has 6 heteroatoms. The molecular weight excluding hydrogens is 325 g/mol. The van der Waals surface area contributed by atoms with Crippen LogP contribution in [0.1, 0.15) is 23.8 Å². The Morgan fingerprint density at radius 1 is 1.12 bits per heavy atom. The van der Waals surface area contributed by atoms with Gasteiger partial charge in [-0.15, -0.1) is 0 Å². The molecule has 2 aromatic heterocycles. The number of furan rings is 2. The molecule has 0 aliphatic rings. The molecule has 3 rings (SSSR count). The number of halogens is 1. The molecule has 2 heterocycles. The highest BCUT2D eigenvalue weighted by Gasteiger charge is 2.15. The molecule has 3 aromatic rings. The highest BCUT2D eigenvalue weighted by Crippen LogP contribution is 2.25. The van der Waals surface area contributed by atoms with Gasteiger partial charge in [0.1, 0.15) is 17.7 Å². The Bertz CT molecular complexity index is 826. The number of carbonyl (C=O) groups excluding carboxylic acids is 1. The number of aliphatic hydroxyl groups is 1. The first kappa shape index (κ1) is 17.0. The highest BCUT2D eigenvalue weighted by atomic mass is 19.1. The van der Waals surface area contributed by atoms with Crippen LogP contribution in [0.4, 0.5) is 4.39 Å². The van der Waals surface area contributed by atoms with Crippen molar-refractivity contribution >= 4 is 5.91 Å². The first-order valence-electron chi connectivity index (χ1n) is 7.95. The molecule has 0 saturated heterocycles. The second-order valence-electron chi connectivity index (χ2n) is 5.59. The number of benzene rings is 1. The molecule has 2 N–H and O–H groups in total. The van der Waals surface area contributed by atoms with Gasteiger partial charge in [0.2, 0.25) is 5.91 Å². The van der Waals surface area contributed by atoms with Crippen molar-refractivity contribution in [3.8, 4) is 11.5 Å². The average molecular weight is 343 g/mol. The van der Waals surface area contributed by atoms with E-state index in [1.165, 1.54) is 12.3 Å². The first-order valence-corrected chi connectivity index (χ1v) is 7.95. The van der Waals surface area contributed by atoms with Crippen molar-refractivity contribution in [2.45, 2.75) is 18.9 Å². The lowest BCUT2D eigenvalue weighted by Gasteiger charge is -2.10. The number of aliphatic hydroxyl groups excluding tert-OH is 1. The summed E-state index contributed by atoms with van der Waals surface area (Å²) in [7, 11) is 0. The Morgan fingerprint density at radius 3 is 2.72 bits per heavy atom. The molecule has 1 amide bonds. The van der Waals surface area contributed by atoms with E-state index in [0.717, 1.165) is 0 Å². The zero-order valence-corrected chi connectivity index (χ0v) is 13.4. The van der Waals surface area contributed by atoms with Gasteiger partial charge in [-0.3, -0.25) is 4.79 Å². The third-order valence-corrected chi connectivity index (χ3v) is 3.79. The van der Waals surface area contributed by atoms with E-state index >= 15 is 0 Å². The number of amides is 1. The summed E-state index contributed by atoms with van der Waals surface area (Å²) in [4.78, 5) is 11.9. The number of carbonyl (C=O) groups is 1. The molecule has 1 atom stereocenters. The van der Waals surface area contributed by atoms with Gasteiger partial charge in [-0.25, -0.2) is 4.39 Å². The van der Waals surface area contributed by atoms with Gasteiger partial charge in [-0.05, 0) is 42.3 Å². The molecular formula is C19H18FNO4. The van der Waals surface area contributed by atoms with Crippen molar-refractivity contribution in [1.29, 1.82) is 0 Å². The minimum Gasteiger partial charge on any atom is -0.461 e. The molecule has 25 heavy (non-hydrogen) atoms. The number of nitrogens with one attached hydrogen (secondary N) is 1. The minimum absolute atomic E-state index is 0.0151. The van der Waals surface area contributed by atoms with E-state index in [2.05, 4.69) is 5.32 Å². The van der Waals surface area contributed by atoms with E-state index in [1.807, 2.05) is 0 Å². The van der Waals surface area contributed by atoms with Crippen LogP contribution in [0.2, 0.25) is 0 Å². The van der Waals surface area contributed by atoms with Crippen molar-refractivity contribution in [2.75, 3.05) is 6.54 Å². The van der Waals surface area contributed by atoms with Crippen molar-refractivity contribution < 1.29 is 23.1 Å².